The first-order valence-electron chi connectivity index (χ1n) is 6.91. The van der Waals surface area contributed by atoms with Gasteiger partial charge in [0.05, 0.1) is 5.41 Å². The maximum absolute atomic E-state index is 13.0. The number of carbonyl (C=O) groups is 1. The van der Waals surface area contributed by atoms with Crippen LogP contribution in [0.25, 0.3) is 0 Å². The molecule has 4 heteroatoms. The van der Waals surface area contributed by atoms with Gasteiger partial charge in [-0.15, -0.1) is 0 Å². The van der Waals surface area contributed by atoms with Crippen molar-refractivity contribution in [3.63, 3.8) is 0 Å². The van der Waals surface area contributed by atoms with Crippen LogP contribution in [0.3, 0.4) is 0 Å². The van der Waals surface area contributed by atoms with Gasteiger partial charge in [0.15, 0.2) is 0 Å². The highest BCUT2D eigenvalue weighted by molar-refractivity contribution is 5.91. The molecule has 3 nitrogen and oxygen atoms in total. The molecule has 102 valence electrons. The number of carbonyl (C=O) groups excluding carboxylic acids is 1. The van der Waals surface area contributed by atoms with E-state index in [2.05, 4.69) is 12.2 Å². The van der Waals surface area contributed by atoms with Gasteiger partial charge in [-0.25, -0.2) is 4.39 Å². The van der Waals surface area contributed by atoms with E-state index < -0.39 is 0 Å². The Morgan fingerprint density at radius 3 is 2.63 bits per heavy atom. The second-order valence-corrected chi connectivity index (χ2v) is 5.70. The molecule has 1 heterocycles. The van der Waals surface area contributed by atoms with E-state index in [1.54, 1.807) is 12.1 Å². The third-order valence-corrected chi connectivity index (χ3v) is 4.21. The molecule has 1 aromatic carbocycles. The first-order chi connectivity index (χ1) is 9.12. The molecule has 1 N–H and O–H groups in total. The molecule has 1 aromatic rings. The smallest absolute Gasteiger partial charge is 0.233 e. The lowest BCUT2D eigenvalue weighted by molar-refractivity contribution is -0.135. The van der Waals surface area contributed by atoms with Crippen LogP contribution in [-0.4, -0.2) is 36.5 Å². The Kier molecular flexibility index (Phi) is 3.05. The van der Waals surface area contributed by atoms with Crippen molar-refractivity contribution >= 4 is 5.91 Å². The maximum Gasteiger partial charge on any atom is 0.233 e. The molecule has 0 spiro atoms. The minimum absolute atomic E-state index is 0.215. The SMILES string of the molecule is CC1CN(C(=O)C2(c3ccc(F)cc3)CC2)CCN1. The van der Waals surface area contributed by atoms with Crippen LogP contribution < -0.4 is 5.32 Å². The average molecular weight is 262 g/mol. The van der Waals surface area contributed by atoms with E-state index in [4.69, 9.17) is 0 Å². The maximum atomic E-state index is 13.0. The molecule has 2 fully saturated rings. The van der Waals surface area contributed by atoms with Crippen LogP contribution in [0, 0.1) is 5.82 Å². The third-order valence-electron chi connectivity index (χ3n) is 4.21. The molecule has 0 radical (unpaired) electrons. The molecule has 19 heavy (non-hydrogen) atoms. The highest BCUT2D eigenvalue weighted by atomic mass is 19.1. The summed E-state index contributed by atoms with van der Waals surface area (Å²) in [6.07, 6.45) is 1.77. The van der Waals surface area contributed by atoms with E-state index in [9.17, 15) is 9.18 Å². The van der Waals surface area contributed by atoms with Gasteiger partial charge in [-0.3, -0.25) is 4.79 Å². The minimum Gasteiger partial charge on any atom is -0.339 e. The first kappa shape index (κ1) is 12.6. The fraction of sp³-hybridized carbons (Fsp3) is 0.533. The van der Waals surface area contributed by atoms with Crippen molar-refractivity contribution in [2.45, 2.75) is 31.2 Å². The summed E-state index contributed by atoms with van der Waals surface area (Å²) in [5.74, 6) is -0.0322. The van der Waals surface area contributed by atoms with Crippen LogP contribution >= 0.6 is 0 Å². The molecule has 1 saturated heterocycles. The number of halogens is 1. The molecular weight excluding hydrogens is 243 g/mol. The van der Waals surface area contributed by atoms with Gasteiger partial charge < -0.3 is 10.2 Å². The van der Waals surface area contributed by atoms with Gasteiger partial charge in [-0.1, -0.05) is 12.1 Å². The molecule has 1 atom stereocenters. The zero-order valence-corrected chi connectivity index (χ0v) is 11.2. The summed E-state index contributed by atoms with van der Waals surface area (Å²) < 4.78 is 13.0. The average Bonchev–Trinajstić information content (AvgIpc) is 3.20. The molecule has 3 rings (SSSR count). The Hall–Kier alpha value is -1.42. The predicted molar refractivity (Wildman–Crippen MR) is 71.4 cm³/mol. The van der Waals surface area contributed by atoms with Crippen molar-refractivity contribution in [1.82, 2.24) is 10.2 Å². The van der Waals surface area contributed by atoms with Crippen LogP contribution in [0.2, 0.25) is 0 Å². The van der Waals surface area contributed by atoms with E-state index in [-0.39, 0.29) is 17.1 Å². The van der Waals surface area contributed by atoms with E-state index in [0.717, 1.165) is 38.0 Å². The first-order valence-corrected chi connectivity index (χ1v) is 6.91. The zero-order valence-electron chi connectivity index (χ0n) is 11.2. The second kappa shape index (κ2) is 4.60. The van der Waals surface area contributed by atoms with Crippen LogP contribution in [0.1, 0.15) is 25.3 Å². The zero-order chi connectivity index (χ0) is 13.5. The van der Waals surface area contributed by atoms with E-state index in [0.29, 0.717) is 6.04 Å². The van der Waals surface area contributed by atoms with Crippen molar-refractivity contribution in [1.29, 1.82) is 0 Å². The van der Waals surface area contributed by atoms with Crippen LogP contribution in [0.5, 0.6) is 0 Å². The number of hydrogen-bond donors (Lipinski definition) is 1. The lowest BCUT2D eigenvalue weighted by Gasteiger charge is -2.34. The predicted octanol–water partition coefficient (Wildman–Crippen LogP) is 1.68. The van der Waals surface area contributed by atoms with Gasteiger partial charge in [0.25, 0.3) is 0 Å². The molecule has 0 aromatic heterocycles. The lowest BCUT2D eigenvalue weighted by atomic mass is 9.93. The van der Waals surface area contributed by atoms with Crippen LogP contribution in [0.15, 0.2) is 24.3 Å². The van der Waals surface area contributed by atoms with Crippen molar-refractivity contribution in [3.8, 4) is 0 Å². The number of benzene rings is 1. The molecule has 1 unspecified atom stereocenters. The largest absolute Gasteiger partial charge is 0.339 e. The highest BCUT2D eigenvalue weighted by Crippen LogP contribution is 2.49. The van der Waals surface area contributed by atoms with Gasteiger partial charge in [0.1, 0.15) is 5.82 Å². The monoisotopic (exact) mass is 262 g/mol. The second-order valence-electron chi connectivity index (χ2n) is 5.70. The van der Waals surface area contributed by atoms with Crippen molar-refractivity contribution in [2.24, 2.45) is 0 Å². The summed E-state index contributed by atoms with van der Waals surface area (Å²) in [4.78, 5) is 14.7. The normalized spacial score (nSPS) is 25.2. The number of amides is 1. The Bertz CT molecular complexity index is 481. The number of rotatable bonds is 2. The molecule has 2 aliphatic rings. The Balaban J connectivity index is 1.80. The molecule has 1 aliphatic heterocycles. The van der Waals surface area contributed by atoms with E-state index >= 15 is 0 Å². The Labute approximate surface area is 112 Å². The molecular formula is C15H19FN2O. The summed E-state index contributed by atoms with van der Waals surface area (Å²) in [5.41, 5.74) is 0.593. The summed E-state index contributed by atoms with van der Waals surface area (Å²) in [5, 5.41) is 3.34. The molecule has 1 amide bonds. The number of piperazine rings is 1. The standard InChI is InChI=1S/C15H19FN2O/c1-11-10-18(9-8-17-11)14(19)15(6-7-15)12-2-4-13(16)5-3-12/h2-5,11,17H,6-10H2,1H3. The summed E-state index contributed by atoms with van der Waals surface area (Å²) in [6, 6.07) is 6.76. The van der Waals surface area contributed by atoms with Gasteiger partial charge in [0, 0.05) is 25.7 Å². The summed E-state index contributed by atoms with van der Waals surface area (Å²) in [7, 11) is 0. The third kappa shape index (κ3) is 2.25. The van der Waals surface area contributed by atoms with Crippen molar-refractivity contribution in [3.05, 3.63) is 35.6 Å². The number of hydrogen-bond acceptors (Lipinski definition) is 2. The fourth-order valence-electron chi connectivity index (χ4n) is 2.94. The van der Waals surface area contributed by atoms with Crippen molar-refractivity contribution < 1.29 is 9.18 Å². The number of nitrogens with zero attached hydrogens (tertiary/aromatic N) is 1. The highest BCUT2D eigenvalue weighted by Gasteiger charge is 2.53. The van der Waals surface area contributed by atoms with Gasteiger partial charge >= 0.3 is 0 Å². The lowest BCUT2D eigenvalue weighted by Crippen LogP contribution is -2.53. The Morgan fingerprint density at radius 1 is 1.37 bits per heavy atom. The Morgan fingerprint density at radius 2 is 2.05 bits per heavy atom. The molecule has 1 aliphatic carbocycles. The number of nitrogens with one attached hydrogen (secondary N) is 1. The van der Waals surface area contributed by atoms with E-state index in [1.165, 1.54) is 12.1 Å². The van der Waals surface area contributed by atoms with Gasteiger partial charge in [-0.2, -0.15) is 0 Å². The van der Waals surface area contributed by atoms with Gasteiger partial charge in [0.2, 0.25) is 5.91 Å². The minimum atomic E-state index is -0.370. The summed E-state index contributed by atoms with van der Waals surface area (Å²) >= 11 is 0. The molecule has 0 bridgehead atoms. The van der Waals surface area contributed by atoms with Crippen molar-refractivity contribution in [2.75, 3.05) is 19.6 Å². The van der Waals surface area contributed by atoms with Crippen LogP contribution in [0.4, 0.5) is 4.39 Å². The molecule has 1 saturated carbocycles. The fourth-order valence-corrected chi connectivity index (χ4v) is 2.94. The van der Waals surface area contributed by atoms with Crippen LogP contribution in [-0.2, 0) is 10.2 Å². The van der Waals surface area contributed by atoms with Gasteiger partial charge in [-0.05, 0) is 37.5 Å². The van der Waals surface area contributed by atoms with E-state index in [1.807, 2.05) is 4.90 Å². The quantitative estimate of drug-likeness (QED) is 0.879. The topological polar surface area (TPSA) is 32.3 Å². The summed E-state index contributed by atoms with van der Waals surface area (Å²) in [6.45, 7) is 4.48.